The van der Waals surface area contributed by atoms with E-state index in [9.17, 15) is 0 Å². The van der Waals surface area contributed by atoms with Crippen molar-refractivity contribution in [1.82, 2.24) is 0 Å². The van der Waals surface area contributed by atoms with Crippen molar-refractivity contribution in [3.63, 3.8) is 0 Å². The summed E-state index contributed by atoms with van der Waals surface area (Å²) in [7, 11) is 0. The van der Waals surface area contributed by atoms with Gasteiger partial charge in [-0.2, -0.15) is 0 Å². The van der Waals surface area contributed by atoms with Gasteiger partial charge >= 0.3 is 0 Å². The molecule has 0 bridgehead atoms. The smallest absolute Gasteiger partial charge is 0.126 e. The van der Waals surface area contributed by atoms with E-state index in [0.29, 0.717) is 0 Å². The van der Waals surface area contributed by atoms with Gasteiger partial charge in [0.15, 0.2) is 0 Å². The predicted octanol–water partition coefficient (Wildman–Crippen LogP) is 19.0. The van der Waals surface area contributed by atoms with Gasteiger partial charge in [0, 0.05) is 21.5 Å². The number of thiophene rings is 1. The number of nitrogens with zero attached hydrogens (tertiary/aromatic N) is 3. The fourth-order valence-corrected chi connectivity index (χ4v) is 11.7. The van der Waals surface area contributed by atoms with Crippen LogP contribution in [-0.2, 0) is 16.2 Å². The molecule has 0 spiro atoms. The van der Waals surface area contributed by atoms with E-state index in [0.717, 1.165) is 11.4 Å². The first-order chi connectivity index (χ1) is 31.6. The van der Waals surface area contributed by atoms with Gasteiger partial charge in [-0.25, -0.2) is 0 Å². The summed E-state index contributed by atoms with van der Waals surface area (Å²) in [5.41, 5.74) is 15.9. The molecule has 10 aromatic rings. The first kappa shape index (κ1) is 40.6. The van der Waals surface area contributed by atoms with Crippen LogP contribution in [0.1, 0.15) is 79.0 Å². The summed E-state index contributed by atoms with van der Waals surface area (Å²) in [4.78, 5) is 7.64. The molecule has 1 aromatic heterocycles. The third-order valence-corrected chi connectivity index (χ3v) is 15.3. The van der Waals surface area contributed by atoms with Crippen LogP contribution >= 0.6 is 11.3 Å². The normalized spacial score (nSPS) is 13.7. The van der Waals surface area contributed by atoms with Crippen molar-refractivity contribution in [2.24, 2.45) is 0 Å². The van der Waals surface area contributed by atoms with Crippen LogP contribution in [0.3, 0.4) is 0 Å². The second kappa shape index (κ2) is 14.3. The van der Waals surface area contributed by atoms with Gasteiger partial charge in [0.05, 0.1) is 34.1 Å². The number of anilines is 9. The largest absolute Gasteiger partial charge is 0.306 e. The molecule has 2 aliphatic rings. The lowest BCUT2D eigenvalue weighted by atomic mass is 9.85. The summed E-state index contributed by atoms with van der Waals surface area (Å²) in [6.07, 6.45) is 0. The monoisotopic (exact) mass is 873 g/mol. The molecule has 0 atom stereocenters. The lowest BCUT2D eigenvalue weighted by Crippen LogP contribution is -2.30. The molecule has 0 amide bonds. The first-order valence-electron chi connectivity index (χ1n) is 23.4. The fraction of sp³-hybridized carbons (Fsp3) is 0.194. The second-order valence-electron chi connectivity index (χ2n) is 21.5. The molecule has 0 unspecified atom stereocenters. The molecule has 3 nitrogen and oxygen atoms in total. The van der Waals surface area contributed by atoms with Gasteiger partial charge in [0.1, 0.15) is 5.00 Å². The predicted molar refractivity (Wildman–Crippen MR) is 287 cm³/mol. The Labute approximate surface area is 393 Å². The van der Waals surface area contributed by atoms with Gasteiger partial charge in [-0.15, -0.1) is 11.3 Å². The molecule has 66 heavy (non-hydrogen) atoms. The third-order valence-electron chi connectivity index (χ3n) is 14.2. The molecular weight excluding hydrogens is 819 g/mol. The van der Waals surface area contributed by atoms with Crippen LogP contribution in [0.4, 0.5) is 50.5 Å². The zero-order valence-electron chi connectivity index (χ0n) is 39.4. The minimum Gasteiger partial charge on any atom is -0.306 e. The highest BCUT2D eigenvalue weighted by molar-refractivity contribution is 7.24. The summed E-state index contributed by atoms with van der Waals surface area (Å²) in [6.45, 7) is 20.8. The summed E-state index contributed by atoms with van der Waals surface area (Å²) in [5, 5.41) is 10.3. The molecule has 0 saturated heterocycles. The summed E-state index contributed by atoms with van der Waals surface area (Å²) in [5.74, 6) is 0. The van der Waals surface area contributed by atoms with E-state index in [1.54, 1.807) is 0 Å². The van der Waals surface area contributed by atoms with E-state index in [4.69, 9.17) is 0 Å². The highest BCUT2D eigenvalue weighted by atomic mass is 32.1. The van der Waals surface area contributed by atoms with Crippen LogP contribution in [0.2, 0.25) is 0 Å². The highest BCUT2D eigenvalue weighted by Crippen LogP contribution is 2.66. The van der Waals surface area contributed by atoms with Crippen molar-refractivity contribution in [3.05, 3.63) is 187 Å². The number of para-hydroxylation sites is 1. The molecule has 0 N–H and O–H groups in total. The maximum atomic E-state index is 2.58. The van der Waals surface area contributed by atoms with Crippen molar-refractivity contribution in [2.45, 2.75) is 78.6 Å². The third kappa shape index (κ3) is 6.22. The molecule has 0 aliphatic carbocycles. The number of rotatable bonds is 3. The number of benzene rings is 9. The average molecular weight is 874 g/mol. The molecule has 4 heteroatoms. The molecular formula is C62H55N3S. The summed E-state index contributed by atoms with van der Waals surface area (Å²) < 4.78 is 1.29. The van der Waals surface area contributed by atoms with Crippen molar-refractivity contribution in [2.75, 3.05) is 14.7 Å². The van der Waals surface area contributed by atoms with Crippen LogP contribution in [0.25, 0.3) is 53.5 Å². The fourth-order valence-electron chi connectivity index (χ4n) is 10.5. The van der Waals surface area contributed by atoms with Gasteiger partial charge in [-0.05, 0) is 143 Å². The number of fused-ring (bicyclic) bond motifs is 12. The van der Waals surface area contributed by atoms with Gasteiger partial charge in [-0.3, -0.25) is 4.90 Å². The molecule has 3 heterocycles. The Kier molecular flexibility index (Phi) is 8.81. The van der Waals surface area contributed by atoms with Gasteiger partial charge in [0.2, 0.25) is 0 Å². The minimum absolute atomic E-state index is 0.0106. The average Bonchev–Trinajstić information content (AvgIpc) is 3.69. The van der Waals surface area contributed by atoms with Crippen molar-refractivity contribution >= 4 is 104 Å². The zero-order chi connectivity index (χ0) is 45.4. The summed E-state index contributed by atoms with van der Waals surface area (Å²) in [6, 6.07) is 64.5. The Bertz CT molecular complexity index is 3560. The van der Waals surface area contributed by atoms with Crippen molar-refractivity contribution in [1.29, 1.82) is 0 Å². The highest BCUT2D eigenvalue weighted by Gasteiger charge is 2.42. The quantitative estimate of drug-likeness (QED) is 0.164. The van der Waals surface area contributed by atoms with E-state index in [2.05, 4.69) is 247 Å². The van der Waals surface area contributed by atoms with Gasteiger partial charge in [0.25, 0.3) is 0 Å². The number of hydrogen-bond acceptors (Lipinski definition) is 4. The Morgan fingerprint density at radius 2 is 0.818 bits per heavy atom. The van der Waals surface area contributed by atoms with Crippen LogP contribution in [-0.4, -0.2) is 0 Å². The number of hydrogen-bond donors (Lipinski definition) is 0. The Balaban J connectivity index is 1.06. The molecule has 0 fully saturated rings. The summed E-state index contributed by atoms with van der Waals surface area (Å²) >= 11 is 1.90. The van der Waals surface area contributed by atoms with Crippen LogP contribution in [0.15, 0.2) is 170 Å². The lowest BCUT2D eigenvalue weighted by Gasteiger charge is -2.46. The lowest BCUT2D eigenvalue weighted by molar-refractivity contribution is 0.590. The SMILES string of the molecule is CC(C)(C)c1ccc(N2c3cccc4c3N(c3ccc(C(C)(C)C)cc3N4c3ccc(-c4ccc5c6ccccc6c6ccccc6c5c4)cc3)c3sc4ccc(C(C)(C)C)cc4c32)cc1. The Hall–Kier alpha value is -6.88. The molecule has 12 rings (SSSR count). The van der Waals surface area contributed by atoms with Gasteiger partial charge < -0.3 is 9.80 Å². The second-order valence-corrected chi connectivity index (χ2v) is 22.5. The van der Waals surface area contributed by atoms with Crippen LogP contribution in [0.5, 0.6) is 0 Å². The van der Waals surface area contributed by atoms with E-state index in [-0.39, 0.29) is 16.2 Å². The molecule has 324 valence electrons. The molecule has 9 aromatic carbocycles. The van der Waals surface area contributed by atoms with E-state index >= 15 is 0 Å². The topological polar surface area (TPSA) is 9.72 Å². The standard InChI is InChI=1S/C62H55N3S/c1-60(2,3)40-24-30-44(31-25-40)64-54-20-14-19-53-58(54)65(59-57(64)51-36-41(61(4,5)6)27-34-56(51)66-59)52-33-26-42(62(7,8)9)37-55(52)63(53)43-28-21-38(22-29-43)39-23-32-49-47-17-11-10-15-45(47)46-16-12-13-18-48(46)50(49)35-39/h10-37H,1-9H3. The molecule has 0 saturated carbocycles. The molecule has 0 radical (unpaired) electrons. The van der Waals surface area contributed by atoms with E-state index in [1.165, 1.54) is 109 Å². The molecule has 2 aliphatic heterocycles. The maximum absolute atomic E-state index is 2.58. The maximum Gasteiger partial charge on any atom is 0.126 e. The Morgan fingerprint density at radius 1 is 0.318 bits per heavy atom. The van der Waals surface area contributed by atoms with Crippen molar-refractivity contribution in [3.8, 4) is 11.1 Å². The minimum atomic E-state index is -0.0394. The zero-order valence-corrected chi connectivity index (χ0v) is 40.2. The van der Waals surface area contributed by atoms with Crippen molar-refractivity contribution < 1.29 is 0 Å². The van der Waals surface area contributed by atoms with Crippen LogP contribution < -0.4 is 14.7 Å². The van der Waals surface area contributed by atoms with Gasteiger partial charge in [-0.1, -0.05) is 165 Å². The Morgan fingerprint density at radius 3 is 1.44 bits per heavy atom. The first-order valence-corrected chi connectivity index (χ1v) is 24.2. The van der Waals surface area contributed by atoms with E-state index in [1.807, 2.05) is 11.3 Å². The van der Waals surface area contributed by atoms with Crippen LogP contribution in [0, 0.1) is 0 Å². The van der Waals surface area contributed by atoms with E-state index < -0.39 is 0 Å².